The number of anilines is 1. The third-order valence-electron chi connectivity index (χ3n) is 5.23. The van der Waals surface area contributed by atoms with Gasteiger partial charge in [0, 0.05) is 17.0 Å². The number of hydrogen-bond donors (Lipinski definition) is 0. The number of thioether (sulfide) groups is 1. The fourth-order valence-electron chi connectivity index (χ4n) is 3.66. The lowest BCUT2D eigenvalue weighted by molar-refractivity contribution is 0.415. The van der Waals surface area contributed by atoms with Crippen molar-refractivity contribution < 1.29 is 13.2 Å². The van der Waals surface area contributed by atoms with Crippen LogP contribution in [0.2, 0.25) is 0 Å². The zero-order valence-corrected chi connectivity index (χ0v) is 17.9. The van der Waals surface area contributed by atoms with Crippen molar-refractivity contribution in [2.24, 2.45) is 4.99 Å². The van der Waals surface area contributed by atoms with Crippen LogP contribution in [0.3, 0.4) is 0 Å². The summed E-state index contributed by atoms with van der Waals surface area (Å²) in [5.74, 6) is 1.16. The molecule has 2 aromatic rings. The largest absolute Gasteiger partial charge is 0.497 e. The van der Waals surface area contributed by atoms with Gasteiger partial charge in [-0.15, -0.1) is 0 Å². The highest BCUT2D eigenvalue weighted by Crippen LogP contribution is 2.38. The standard InChI is InChI=1S/C21H24N2O3S2/c1-14-7-8-15(2)16(9-14)11-23(17-5-4-6-18(10-17)26-3)21-22-19-12-28(24,25)13-20(19)27-21/h4-10,19-20H,11-13H2,1-3H3/t19-,20-/m1/s1. The Balaban J connectivity index is 1.71. The Morgan fingerprint density at radius 2 is 2.00 bits per heavy atom. The fourth-order valence-corrected chi connectivity index (χ4v) is 7.44. The van der Waals surface area contributed by atoms with Gasteiger partial charge in [0.25, 0.3) is 0 Å². The summed E-state index contributed by atoms with van der Waals surface area (Å²) in [5, 5.41) is 0.908. The molecule has 2 heterocycles. The molecule has 148 valence electrons. The summed E-state index contributed by atoms with van der Waals surface area (Å²) >= 11 is 1.59. The molecule has 7 heteroatoms. The van der Waals surface area contributed by atoms with Gasteiger partial charge in [0.15, 0.2) is 15.0 Å². The summed E-state index contributed by atoms with van der Waals surface area (Å²) in [6.07, 6.45) is 0. The van der Waals surface area contributed by atoms with E-state index in [4.69, 9.17) is 9.73 Å². The van der Waals surface area contributed by atoms with Crippen LogP contribution in [0.1, 0.15) is 16.7 Å². The molecule has 1 saturated heterocycles. The van der Waals surface area contributed by atoms with Crippen LogP contribution in [0, 0.1) is 13.8 Å². The van der Waals surface area contributed by atoms with E-state index in [0.717, 1.165) is 16.6 Å². The van der Waals surface area contributed by atoms with Crippen LogP contribution in [0.4, 0.5) is 5.69 Å². The minimum atomic E-state index is -2.97. The summed E-state index contributed by atoms with van der Waals surface area (Å²) in [5.41, 5.74) is 4.67. The van der Waals surface area contributed by atoms with E-state index < -0.39 is 9.84 Å². The van der Waals surface area contributed by atoms with Crippen LogP contribution < -0.4 is 9.64 Å². The molecule has 0 aliphatic carbocycles. The third kappa shape index (κ3) is 3.91. The van der Waals surface area contributed by atoms with Gasteiger partial charge in [-0.2, -0.15) is 0 Å². The first-order chi connectivity index (χ1) is 13.3. The molecule has 0 saturated carbocycles. The van der Waals surface area contributed by atoms with Gasteiger partial charge < -0.3 is 9.64 Å². The number of aliphatic imine (C=N–C) groups is 1. The Morgan fingerprint density at radius 3 is 2.75 bits per heavy atom. The minimum Gasteiger partial charge on any atom is -0.497 e. The van der Waals surface area contributed by atoms with Crippen molar-refractivity contribution in [1.29, 1.82) is 0 Å². The SMILES string of the molecule is COc1cccc(N(Cc2cc(C)ccc2C)C2=N[C@@H]3CS(=O)(=O)C[C@H]3S2)c1. The summed E-state index contributed by atoms with van der Waals surface area (Å²) < 4.78 is 29.3. The Bertz CT molecular complexity index is 1030. The van der Waals surface area contributed by atoms with E-state index in [9.17, 15) is 8.42 Å². The van der Waals surface area contributed by atoms with Gasteiger partial charge in [0.05, 0.1) is 31.2 Å². The second kappa shape index (κ2) is 7.44. The molecular formula is C21H24N2O3S2. The first-order valence-corrected chi connectivity index (χ1v) is 12.0. The molecule has 5 nitrogen and oxygen atoms in total. The number of amidine groups is 1. The van der Waals surface area contributed by atoms with Crippen molar-refractivity contribution >= 4 is 32.5 Å². The van der Waals surface area contributed by atoms with Gasteiger partial charge in [0.2, 0.25) is 0 Å². The van der Waals surface area contributed by atoms with Crippen molar-refractivity contribution in [1.82, 2.24) is 0 Å². The average Bonchev–Trinajstić information content (AvgIpc) is 3.15. The van der Waals surface area contributed by atoms with E-state index in [1.807, 2.05) is 24.3 Å². The van der Waals surface area contributed by atoms with E-state index in [0.29, 0.717) is 6.54 Å². The van der Waals surface area contributed by atoms with E-state index in [1.165, 1.54) is 16.7 Å². The van der Waals surface area contributed by atoms with Gasteiger partial charge >= 0.3 is 0 Å². The van der Waals surface area contributed by atoms with Gasteiger partial charge in [-0.05, 0) is 37.1 Å². The Morgan fingerprint density at radius 1 is 1.18 bits per heavy atom. The van der Waals surface area contributed by atoms with Crippen molar-refractivity contribution in [3.05, 3.63) is 59.2 Å². The number of ether oxygens (including phenoxy) is 1. The molecule has 1 fully saturated rings. The van der Waals surface area contributed by atoms with Gasteiger partial charge in [-0.25, -0.2) is 8.42 Å². The first-order valence-electron chi connectivity index (χ1n) is 9.27. The molecule has 2 aromatic carbocycles. The molecule has 0 spiro atoms. The topological polar surface area (TPSA) is 59.0 Å². The summed E-state index contributed by atoms with van der Waals surface area (Å²) in [6.45, 7) is 4.89. The Kier molecular flexibility index (Phi) is 5.14. The monoisotopic (exact) mass is 416 g/mol. The number of methoxy groups -OCH3 is 1. The number of sulfone groups is 1. The number of nitrogens with zero attached hydrogens (tertiary/aromatic N) is 2. The van der Waals surface area contributed by atoms with Crippen molar-refractivity contribution in [2.75, 3.05) is 23.5 Å². The Labute approximate surface area is 170 Å². The quantitative estimate of drug-likeness (QED) is 0.762. The zero-order valence-electron chi connectivity index (χ0n) is 16.3. The van der Waals surface area contributed by atoms with E-state index >= 15 is 0 Å². The molecule has 0 radical (unpaired) electrons. The highest BCUT2D eigenvalue weighted by Gasteiger charge is 2.44. The van der Waals surface area contributed by atoms with Crippen LogP contribution in [0.25, 0.3) is 0 Å². The molecule has 0 N–H and O–H groups in total. The van der Waals surface area contributed by atoms with Gasteiger partial charge in [-0.3, -0.25) is 4.99 Å². The number of rotatable bonds is 4. The molecule has 0 aromatic heterocycles. The molecular weight excluding hydrogens is 392 g/mol. The molecule has 2 atom stereocenters. The average molecular weight is 417 g/mol. The second-order valence-electron chi connectivity index (χ2n) is 7.43. The first kappa shape index (κ1) is 19.3. The normalized spacial score (nSPS) is 22.6. The van der Waals surface area contributed by atoms with Crippen LogP contribution in [0.5, 0.6) is 5.75 Å². The summed E-state index contributed by atoms with van der Waals surface area (Å²) in [4.78, 5) is 6.99. The molecule has 2 aliphatic rings. The summed E-state index contributed by atoms with van der Waals surface area (Å²) in [6, 6.07) is 14.2. The predicted molar refractivity (Wildman–Crippen MR) is 116 cm³/mol. The lowest BCUT2D eigenvalue weighted by Crippen LogP contribution is -2.28. The molecule has 0 amide bonds. The van der Waals surface area contributed by atoms with Crippen molar-refractivity contribution in [3.8, 4) is 5.75 Å². The van der Waals surface area contributed by atoms with Crippen LogP contribution in [-0.2, 0) is 16.4 Å². The molecule has 2 aliphatic heterocycles. The number of aryl methyl sites for hydroxylation is 2. The van der Waals surface area contributed by atoms with E-state index in [2.05, 4.69) is 36.9 Å². The lowest BCUT2D eigenvalue weighted by atomic mass is 10.1. The van der Waals surface area contributed by atoms with Crippen molar-refractivity contribution in [3.63, 3.8) is 0 Å². The maximum absolute atomic E-state index is 11.9. The zero-order chi connectivity index (χ0) is 19.9. The van der Waals surface area contributed by atoms with E-state index in [1.54, 1.807) is 18.9 Å². The molecule has 4 rings (SSSR count). The highest BCUT2D eigenvalue weighted by atomic mass is 32.2. The maximum atomic E-state index is 11.9. The van der Waals surface area contributed by atoms with Crippen LogP contribution in [-0.4, -0.2) is 43.5 Å². The van der Waals surface area contributed by atoms with Gasteiger partial charge in [0.1, 0.15) is 5.75 Å². The molecule has 0 unspecified atom stereocenters. The number of benzene rings is 2. The van der Waals surface area contributed by atoms with Crippen LogP contribution in [0.15, 0.2) is 47.5 Å². The van der Waals surface area contributed by atoms with Crippen LogP contribution >= 0.6 is 11.8 Å². The highest BCUT2D eigenvalue weighted by molar-refractivity contribution is 8.15. The lowest BCUT2D eigenvalue weighted by Gasteiger charge is -2.26. The predicted octanol–water partition coefficient (Wildman–Crippen LogP) is 3.59. The Hall–Kier alpha value is -1.99. The smallest absolute Gasteiger partial charge is 0.164 e. The third-order valence-corrected chi connectivity index (χ3v) is 8.48. The summed E-state index contributed by atoms with van der Waals surface area (Å²) in [7, 11) is -1.31. The fraction of sp³-hybridized carbons (Fsp3) is 0.381. The molecule has 0 bridgehead atoms. The maximum Gasteiger partial charge on any atom is 0.164 e. The van der Waals surface area contributed by atoms with Crippen molar-refractivity contribution in [2.45, 2.75) is 31.7 Å². The van der Waals surface area contributed by atoms with Gasteiger partial charge in [-0.1, -0.05) is 41.6 Å². The number of fused-ring (bicyclic) bond motifs is 1. The number of hydrogen-bond acceptors (Lipinski definition) is 6. The second-order valence-corrected chi connectivity index (χ2v) is 10.8. The van der Waals surface area contributed by atoms with E-state index in [-0.39, 0.29) is 22.8 Å². The molecule has 28 heavy (non-hydrogen) atoms. The minimum absolute atomic E-state index is 0.0201.